The Balaban J connectivity index is 2.58. The summed E-state index contributed by atoms with van der Waals surface area (Å²) in [7, 11) is 6.40. The van der Waals surface area contributed by atoms with Crippen LogP contribution in [-0.2, 0) is 4.74 Å². The van der Waals surface area contributed by atoms with Crippen molar-refractivity contribution in [3.8, 4) is 23.3 Å². The predicted octanol–water partition coefficient (Wildman–Crippen LogP) is 3.80. The first kappa shape index (κ1) is 21.2. The van der Waals surface area contributed by atoms with Crippen LogP contribution in [0.2, 0.25) is 0 Å². The van der Waals surface area contributed by atoms with Crippen LogP contribution in [-0.4, -0.2) is 48.1 Å². The van der Waals surface area contributed by atoms with Gasteiger partial charge in [-0.25, -0.2) is 0 Å². The Labute approximate surface area is 166 Å². The van der Waals surface area contributed by atoms with E-state index in [1.165, 1.54) is 0 Å². The lowest BCUT2D eigenvalue weighted by Crippen LogP contribution is -2.20. The van der Waals surface area contributed by atoms with Crippen molar-refractivity contribution in [2.45, 2.75) is 6.92 Å². The van der Waals surface area contributed by atoms with E-state index in [4.69, 9.17) is 18.9 Å². The fraction of sp³-hybridized carbons (Fsp3) is 0.381. The third kappa shape index (κ3) is 4.41. The minimum atomic E-state index is 0.536. The highest BCUT2D eigenvalue weighted by molar-refractivity contribution is 5.82. The van der Waals surface area contributed by atoms with Crippen LogP contribution in [0.3, 0.4) is 0 Å². The first-order valence-electron chi connectivity index (χ1n) is 8.98. The summed E-state index contributed by atoms with van der Waals surface area (Å²) in [5.74, 6) is 1.68. The molecule has 0 unspecified atom stereocenters. The van der Waals surface area contributed by atoms with Crippen molar-refractivity contribution in [1.29, 1.82) is 5.26 Å². The molecule has 0 aliphatic carbocycles. The van der Waals surface area contributed by atoms with Gasteiger partial charge in [-0.05, 0) is 19.1 Å². The first-order valence-corrected chi connectivity index (χ1v) is 8.98. The van der Waals surface area contributed by atoms with Gasteiger partial charge < -0.3 is 29.2 Å². The third-order valence-electron chi connectivity index (χ3n) is 4.34. The highest BCUT2D eigenvalue weighted by Gasteiger charge is 2.20. The van der Waals surface area contributed by atoms with Gasteiger partial charge in [-0.3, -0.25) is 0 Å². The largest absolute Gasteiger partial charge is 0.493 e. The van der Waals surface area contributed by atoms with E-state index >= 15 is 0 Å². The second-order valence-corrected chi connectivity index (χ2v) is 5.86. The number of ether oxygens (including phenoxy) is 4. The molecule has 28 heavy (non-hydrogen) atoms. The average molecular weight is 385 g/mol. The quantitative estimate of drug-likeness (QED) is 0.623. The standard InChI is InChI=1S/C21H27N3O4/c1-6-24(16-12-18(26-3)21(28-5)19(13-16)27-4)17-9-7-8-15(14-22)20(17)23-10-11-25-2/h7-9,12-13,23H,6,10-11H2,1-5H3. The fourth-order valence-corrected chi connectivity index (χ4v) is 3.04. The lowest BCUT2D eigenvalue weighted by Gasteiger charge is -2.28. The van der Waals surface area contributed by atoms with Crippen LogP contribution < -0.4 is 24.4 Å². The molecule has 2 aromatic rings. The van der Waals surface area contributed by atoms with Gasteiger partial charge in [0.25, 0.3) is 0 Å². The van der Waals surface area contributed by atoms with Crippen molar-refractivity contribution in [3.63, 3.8) is 0 Å². The smallest absolute Gasteiger partial charge is 0.203 e. The number of methoxy groups -OCH3 is 4. The van der Waals surface area contributed by atoms with Crippen molar-refractivity contribution < 1.29 is 18.9 Å². The highest BCUT2D eigenvalue weighted by Crippen LogP contribution is 2.43. The molecular weight excluding hydrogens is 358 g/mol. The van der Waals surface area contributed by atoms with Gasteiger partial charge in [-0.15, -0.1) is 0 Å². The van der Waals surface area contributed by atoms with Crippen LogP contribution in [0, 0.1) is 11.3 Å². The highest BCUT2D eigenvalue weighted by atomic mass is 16.5. The Kier molecular flexibility index (Phi) is 7.78. The van der Waals surface area contributed by atoms with Crippen molar-refractivity contribution in [3.05, 3.63) is 35.9 Å². The number of anilines is 3. The van der Waals surface area contributed by atoms with Gasteiger partial charge >= 0.3 is 0 Å². The van der Waals surface area contributed by atoms with Gasteiger partial charge in [0.1, 0.15) is 6.07 Å². The zero-order valence-electron chi connectivity index (χ0n) is 17.0. The molecule has 7 nitrogen and oxygen atoms in total. The van der Waals surface area contributed by atoms with E-state index in [2.05, 4.69) is 16.3 Å². The Hall–Kier alpha value is -3.11. The maximum Gasteiger partial charge on any atom is 0.203 e. The molecule has 0 aromatic heterocycles. The predicted molar refractivity (Wildman–Crippen MR) is 110 cm³/mol. The molecule has 150 valence electrons. The van der Waals surface area contributed by atoms with Crippen LogP contribution in [0.5, 0.6) is 17.2 Å². The molecule has 7 heteroatoms. The fourth-order valence-electron chi connectivity index (χ4n) is 3.04. The van der Waals surface area contributed by atoms with Crippen LogP contribution in [0.15, 0.2) is 30.3 Å². The van der Waals surface area contributed by atoms with E-state index in [1.807, 2.05) is 31.2 Å². The molecule has 0 bridgehead atoms. The van der Waals surface area contributed by atoms with Gasteiger partial charge in [-0.2, -0.15) is 5.26 Å². The Morgan fingerprint density at radius 2 is 1.71 bits per heavy atom. The summed E-state index contributed by atoms with van der Waals surface area (Å²) in [6.07, 6.45) is 0. The monoisotopic (exact) mass is 385 g/mol. The summed E-state index contributed by atoms with van der Waals surface area (Å²) in [5, 5.41) is 12.9. The Morgan fingerprint density at radius 3 is 2.21 bits per heavy atom. The second kappa shape index (κ2) is 10.3. The Bertz CT molecular complexity index is 808. The molecule has 0 heterocycles. The van der Waals surface area contributed by atoms with Gasteiger partial charge in [0, 0.05) is 38.0 Å². The summed E-state index contributed by atoms with van der Waals surface area (Å²) in [4.78, 5) is 2.08. The number of nitrogens with one attached hydrogen (secondary N) is 1. The maximum atomic E-state index is 9.56. The van der Waals surface area contributed by atoms with Crippen molar-refractivity contribution in [1.82, 2.24) is 0 Å². The molecule has 0 radical (unpaired) electrons. The van der Waals surface area contributed by atoms with Crippen molar-refractivity contribution in [2.75, 3.05) is 58.4 Å². The molecule has 0 amide bonds. The van der Waals surface area contributed by atoms with Gasteiger partial charge in [0.2, 0.25) is 5.75 Å². The Morgan fingerprint density at radius 1 is 1.04 bits per heavy atom. The lowest BCUT2D eigenvalue weighted by molar-refractivity contribution is 0.211. The van der Waals surface area contributed by atoms with E-state index in [0.717, 1.165) is 17.1 Å². The zero-order chi connectivity index (χ0) is 20.5. The van der Waals surface area contributed by atoms with E-state index in [0.29, 0.717) is 42.5 Å². The second-order valence-electron chi connectivity index (χ2n) is 5.86. The molecule has 0 spiro atoms. The van der Waals surface area contributed by atoms with Gasteiger partial charge in [-0.1, -0.05) is 6.07 Å². The molecule has 2 rings (SSSR count). The van der Waals surface area contributed by atoms with Gasteiger partial charge in [0.15, 0.2) is 11.5 Å². The number of hydrogen-bond donors (Lipinski definition) is 1. The summed E-state index contributed by atoms with van der Waals surface area (Å²) >= 11 is 0. The zero-order valence-corrected chi connectivity index (χ0v) is 17.0. The molecule has 0 saturated heterocycles. The minimum absolute atomic E-state index is 0.536. The molecule has 2 aromatic carbocycles. The van der Waals surface area contributed by atoms with E-state index in [9.17, 15) is 5.26 Å². The molecule has 0 aliphatic rings. The van der Waals surface area contributed by atoms with Crippen LogP contribution in [0.1, 0.15) is 12.5 Å². The number of nitriles is 1. The topological polar surface area (TPSA) is 76.0 Å². The van der Waals surface area contributed by atoms with Crippen molar-refractivity contribution in [2.24, 2.45) is 0 Å². The van der Waals surface area contributed by atoms with E-state index in [-0.39, 0.29) is 0 Å². The molecular formula is C21H27N3O4. The normalized spacial score (nSPS) is 10.1. The van der Waals surface area contributed by atoms with Crippen LogP contribution in [0.25, 0.3) is 0 Å². The molecule has 0 atom stereocenters. The number of nitrogens with zero attached hydrogens (tertiary/aromatic N) is 2. The minimum Gasteiger partial charge on any atom is -0.493 e. The SMILES string of the molecule is CCN(c1cc(OC)c(OC)c(OC)c1)c1cccc(C#N)c1NCCOC. The maximum absolute atomic E-state index is 9.56. The summed E-state index contributed by atoms with van der Waals surface area (Å²) in [6, 6.07) is 11.7. The summed E-state index contributed by atoms with van der Waals surface area (Å²) in [5.41, 5.74) is 3.07. The third-order valence-corrected chi connectivity index (χ3v) is 4.34. The summed E-state index contributed by atoms with van der Waals surface area (Å²) < 4.78 is 21.5. The number of hydrogen-bond acceptors (Lipinski definition) is 7. The number of rotatable bonds is 10. The summed E-state index contributed by atoms with van der Waals surface area (Å²) in [6.45, 7) is 3.85. The average Bonchev–Trinajstić information content (AvgIpc) is 2.74. The molecule has 0 saturated carbocycles. The van der Waals surface area contributed by atoms with E-state index in [1.54, 1.807) is 34.5 Å². The molecule has 0 aliphatic heterocycles. The van der Waals surface area contributed by atoms with Crippen molar-refractivity contribution >= 4 is 17.1 Å². The lowest BCUT2D eigenvalue weighted by atomic mass is 10.1. The van der Waals surface area contributed by atoms with E-state index < -0.39 is 0 Å². The molecule has 0 fully saturated rings. The number of benzene rings is 2. The van der Waals surface area contributed by atoms with Crippen LogP contribution >= 0.6 is 0 Å². The number of para-hydroxylation sites is 1. The van der Waals surface area contributed by atoms with Crippen LogP contribution in [0.4, 0.5) is 17.1 Å². The van der Waals surface area contributed by atoms with Gasteiger partial charge in [0.05, 0.1) is 44.9 Å². The first-order chi connectivity index (χ1) is 13.6. The molecule has 1 N–H and O–H groups in total.